The van der Waals surface area contributed by atoms with Crippen molar-refractivity contribution in [3.8, 4) is 23.0 Å². The zero-order valence-corrected chi connectivity index (χ0v) is 17.0. The molecule has 3 rings (SSSR count). The third kappa shape index (κ3) is 5.91. The Kier molecular flexibility index (Phi) is 7.55. The monoisotopic (exact) mass is 407 g/mol. The number of carbonyl (C=O) groups is 1. The number of benzene rings is 3. The number of nitrogens with one attached hydrogen (secondary N) is 1. The van der Waals surface area contributed by atoms with Gasteiger partial charge in [-0.1, -0.05) is 42.5 Å². The van der Waals surface area contributed by atoms with Gasteiger partial charge in [0, 0.05) is 0 Å². The first-order chi connectivity index (χ1) is 14.7. The summed E-state index contributed by atoms with van der Waals surface area (Å²) in [6.07, 6.45) is -0.726. The van der Waals surface area contributed by atoms with Crippen molar-refractivity contribution in [3.05, 3.63) is 78.9 Å². The van der Waals surface area contributed by atoms with Crippen molar-refractivity contribution in [2.45, 2.75) is 13.0 Å². The van der Waals surface area contributed by atoms with Gasteiger partial charge in [0.15, 0.2) is 17.6 Å². The van der Waals surface area contributed by atoms with E-state index in [9.17, 15) is 4.79 Å². The fourth-order valence-corrected chi connectivity index (χ4v) is 2.72. The lowest BCUT2D eigenvalue weighted by Gasteiger charge is -2.18. The fourth-order valence-electron chi connectivity index (χ4n) is 2.72. The largest absolute Gasteiger partial charge is 0.493 e. The molecular formula is C24H25NO5. The first kappa shape index (κ1) is 21.0. The van der Waals surface area contributed by atoms with Crippen LogP contribution in [0.5, 0.6) is 23.0 Å². The molecule has 0 spiro atoms. The number of carbonyl (C=O) groups excluding carboxylic acids is 1. The topological polar surface area (TPSA) is 66.0 Å². The highest BCUT2D eigenvalue weighted by atomic mass is 16.5. The van der Waals surface area contributed by atoms with E-state index in [4.69, 9.17) is 18.9 Å². The maximum atomic E-state index is 12.6. The van der Waals surface area contributed by atoms with Crippen molar-refractivity contribution in [1.82, 2.24) is 0 Å². The number of hydrogen-bond donors (Lipinski definition) is 1. The van der Waals surface area contributed by atoms with Crippen LogP contribution in [0, 0.1) is 0 Å². The van der Waals surface area contributed by atoms with Gasteiger partial charge >= 0.3 is 0 Å². The Morgan fingerprint density at radius 3 is 2.13 bits per heavy atom. The van der Waals surface area contributed by atoms with Crippen LogP contribution in [0.3, 0.4) is 0 Å². The first-order valence-corrected chi connectivity index (χ1v) is 9.67. The van der Waals surface area contributed by atoms with Crippen LogP contribution in [0.4, 0.5) is 5.69 Å². The summed E-state index contributed by atoms with van der Waals surface area (Å²) in [5.41, 5.74) is 0.567. The van der Waals surface area contributed by atoms with Gasteiger partial charge in [-0.25, -0.2) is 0 Å². The van der Waals surface area contributed by atoms with E-state index in [0.717, 1.165) is 5.75 Å². The molecule has 30 heavy (non-hydrogen) atoms. The van der Waals surface area contributed by atoms with Gasteiger partial charge in [-0.05, 0) is 43.3 Å². The standard InChI is InChI=1S/C24H25NO5/c1-18(30-23-15-9-8-14-22(23)27-2)24(26)25-20-12-6-7-13-21(20)29-17-16-28-19-10-4-3-5-11-19/h3-15,18H,16-17H2,1-2H3,(H,25,26). The second kappa shape index (κ2) is 10.8. The Morgan fingerprint density at radius 1 is 0.800 bits per heavy atom. The Labute approximate surface area is 176 Å². The fraction of sp³-hybridized carbons (Fsp3) is 0.208. The number of methoxy groups -OCH3 is 1. The Bertz CT molecular complexity index is 945. The van der Waals surface area contributed by atoms with Crippen LogP contribution >= 0.6 is 0 Å². The molecule has 0 saturated carbocycles. The van der Waals surface area contributed by atoms with E-state index in [0.29, 0.717) is 36.1 Å². The summed E-state index contributed by atoms with van der Waals surface area (Å²) in [7, 11) is 1.56. The van der Waals surface area contributed by atoms with Crippen LogP contribution in [0.1, 0.15) is 6.92 Å². The highest BCUT2D eigenvalue weighted by molar-refractivity contribution is 5.95. The van der Waals surface area contributed by atoms with Crippen LogP contribution in [0.2, 0.25) is 0 Å². The number of hydrogen-bond acceptors (Lipinski definition) is 5. The maximum absolute atomic E-state index is 12.6. The predicted octanol–water partition coefficient (Wildman–Crippen LogP) is 4.56. The molecule has 0 aliphatic heterocycles. The van der Waals surface area contributed by atoms with Crippen LogP contribution < -0.4 is 24.3 Å². The van der Waals surface area contributed by atoms with Crippen LogP contribution in [-0.2, 0) is 4.79 Å². The molecule has 0 aliphatic carbocycles. The van der Waals surface area contributed by atoms with E-state index in [1.165, 1.54) is 0 Å². The minimum Gasteiger partial charge on any atom is -0.493 e. The quantitative estimate of drug-likeness (QED) is 0.499. The van der Waals surface area contributed by atoms with Crippen molar-refractivity contribution in [2.24, 2.45) is 0 Å². The normalized spacial score (nSPS) is 11.3. The van der Waals surface area contributed by atoms with Crippen LogP contribution in [0.25, 0.3) is 0 Å². The molecule has 3 aromatic rings. The zero-order chi connectivity index (χ0) is 21.2. The van der Waals surface area contributed by atoms with E-state index in [1.807, 2.05) is 54.6 Å². The molecule has 0 saturated heterocycles. The molecular weight excluding hydrogens is 382 g/mol. The van der Waals surface area contributed by atoms with Gasteiger partial charge in [-0.2, -0.15) is 0 Å². The summed E-state index contributed by atoms with van der Waals surface area (Å²) in [4.78, 5) is 12.6. The molecule has 1 unspecified atom stereocenters. The minimum atomic E-state index is -0.726. The molecule has 6 nitrogen and oxygen atoms in total. The molecule has 1 amide bonds. The van der Waals surface area contributed by atoms with E-state index in [-0.39, 0.29) is 5.91 Å². The number of para-hydroxylation sites is 5. The summed E-state index contributed by atoms with van der Waals surface area (Å²) in [5.74, 6) is 2.12. The molecule has 0 radical (unpaired) electrons. The van der Waals surface area contributed by atoms with E-state index < -0.39 is 6.10 Å². The number of anilines is 1. The van der Waals surface area contributed by atoms with Crippen LogP contribution in [0.15, 0.2) is 78.9 Å². The first-order valence-electron chi connectivity index (χ1n) is 9.67. The highest BCUT2D eigenvalue weighted by Gasteiger charge is 2.18. The van der Waals surface area contributed by atoms with Crippen molar-refractivity contribution in [3.63, 3.8) is 0 Å². The predicted molar refractivity (Wildman–Crippen MR) is 116 cm³/mol. The van der Waals surface area contributed by atoms with Crippen molar-refractivity contribution in [1.29, 1.82) is 0 Å². The lowest BCUT2D eigenvalue weighted by Crippen LogP contribution is -2.30. The lowest BCUT2D eigenvalue weighted by molar-refractivity contribution is -0.122. The molecule has 1 atom stereocenters. The van der Waals surface area contributed by atoms with Crippen molar-refractivity contribution >= 4 is 11.6 Å². The molecule has 0 heterocycles. The summed E-state index contributed by atoms with van der Waals surface area (Å²) in [6, 6.07) is 24.0. The highest BCUT2D eigenvalue weighted by Crippen LogP contribution is 2.28. The average molecular weight is 407 g/mol. The second-order valence-electron chi connectivity index (χ2n) is 6.41. The molecule has 1 N–H and O–H groups in total. The summed E-state index contributed by atoms with van der Waals surface area (Å²) >= 11 is 0. The third-order valence-corrected chi connectivity index (χ3v) is 4.24. The third-order valence-electron chi connectivity index (χ3n) is 4.24. The minimum absolute atomic E-state index is 0.294. The van der Waals surface area contributed by atoms with Crippen LogP contribution in [-0.4, -0.2) is 32.3 Å². The molecule has 0 aliphatic rings. The zero-order valence-electron chi connectivity index (χ0n) is 17.0. The summed E-state index contributed by atoms with van der Waals surface area (Å²) in [5, 5.41) is 2.86. The molecule has 0 aromatic heterocycles. The van der Waals surface area contributed by atoms with Crippen molar-refractivity contribution < 1.29 is 23.7 Å². The number of rotatable bonds is 10. The number of amides is 1. The lowest BCUT2D eigenvalue weighted by atomic mass is 10.2. The molecule has 3 aromatic carbocycles. The molecule has 0 bridgehead atoms. The number of ether oxygens (including phenoxy) is 4. The summed E-state index contributed by atoms with van der Waals surface area (Å²) in [6.45, 7) is 2.41. The van der Waals surface area contributed by atoms with E-state index >= 15 is 0 Å². The van der Waals surface area contributed by atoms with Crippen molar-refractivity contribution in [2.75, 3.05) is 25.6 Å². The van der Waals surface area contributed by atoms with Gasteiger partial charge in [-0.15, -0.1) is 0 Å². The second-order valence-corrected chi connectivity index (χ2v) is 6.41. The molecule has 0 fully saturated rings. The van der Waals surface area contributed by atoms with Gasteiger partial charge in [-0.3, -0.25) is 4.79 Å². The van der Waals surface area contributed by atoms with Gasteiger partial charge in [0.05, 0.1) is 12.8 Å². The van der Waals surface area contributed by atoms with E-state index in [2.05, 4.69) is 5.32 Å². The average Bonchev–Trinajstić information content (AvgIpc) is 2.78. The summed E-state index contributed by atoms with van der Waals surface area (Å²) < 4.78 is 22.4. The Balaban J connectivity index is 1.55. The van der Waals surface area contributed by atoms with Gasteiger partial charge in [0.1, 0.15) is 24.7 Å². The Morgan fingerprint density at radius 2 is 1.40 bits per heavy atom. The van der Waals surface area contributed by atoms with Gasteiger partial charge < -0.3 is 24.3 Å². The SMILES string of the molecule is COc1ccccc1OC(C)C(=O)Nc1ccccc1OCCOc1ccccc1. The Hall–Kier alpha value is -3.67. The molecule has 6 heteroatoms. The maximum Gasteiger partial charge on any atom is 0.265 e. The van der Waals surface area contributed by atoms with Gasteiger partial charge in [0.2, 0.25) is 0 Å². The van der Waals surface area contributed by atoms with E-state index in [1.54, 1.807) is 38.3 Å². The van der Waals surface area contributed by atoms with Gasteiger partial charge in [0.25, 0.3) is 5.91 Å². The molecule has 156 valence electrons. The smallest absolute Gasteiger partial charge is 0.265 e.